The first kappa shape index (κ1) is 22.9. The highest BCUT2D eigenvalue weighted by Crippen LogP contribution is 2.38. The maximum atomic E-state index is 12.7. The molecule has 6 heteroatoms. The fourth-order valence-electron chi connectivity index (χ4n) is 4.06. The van der Waals surface area contributed by atoms with Crippen molar-refractivity contribution in [2.45, 2.75) is 20.8 Å². The molecule has 1 heterocycles. The average Bonchev–Trinajstić information content (AvgIpc) is 3.20. The summed E-state index contributed by atoms with van der Waals surface area (Å²) in [6.07, 6.45) is 3.25. The summed E-state index contributed by atoms with van der Waals surface area (Å²) in [5.41, 5.74) is 12.8. The van der Waals surface area contributed by atoms with Crippen LogP contribution in [0.1, 0.15) is 34.0 Å². The Hall–Kier alpha value is -4.32. The van der Waals surface area contributed by atoms with Gasteiger partial charge in [0.05, 0.1) is 13.4 Å². The van der Waals surface area contributed by atoms with Crippen LogP contribution in [0.25, 0.3) is 27.7 Å². The van der Waals surface area contributed by atoms with Gasteiger partial charge in [0.1, 0.15) is 11.3 Å². The summed E-state index contributed by atoms with van der Waals surface area (Å²) in [5, 5.41) is 3.71. The Morgan fingerprint density at radius 2 is 1.82 bits per heavy atom. The summed E-state index contributed by atoms with van der Waals surface area (Å²) >= 11 is 0. The van der Waals surface area contributed by atoms with Crippen LogP contribution in [0.5, 0.6) is 5.75 Å². The zero-order valence-corrected chi connectivity index (χ0v) is 19.6. The highest BCUT2D eigenvalue weighted by Gasteiger charge is 2.16. The first-order chi connectivity index (χ1) is 16.3. The number of ether oxygens (including phenoxy) is 1. The predicted molar refractivity (Wildman–Crippen MR) is 135 cm³/mol. The van der Waals surface area contributed by atoms with E-state index in [1.165, 1.54) is 17.7 Å². The third kappa shape index (κ3) is 4.57. The Balaban J connectivity index is 1.71. The SMILES string of the molecule is COc1cc2occ(-c3ccc(C)cc3C)c2cc1/C(C)=C/C(=O)Nc1cccc(C(N)=O)c1. The lowest BCUT2D eigenvalue weighted by atomic mass is 9.96. The lowest BCUT2D eigenvalue weighted by molar-refractivity contribution is -0.111. The first-order valence-corrected chi connectivity index (χ1v) is 10.8. The summed E-state index contributed by atoms with van der Waals surface area (Å²) < 4.78 is 11.4. The van der Waals surface area contributed by atoms with Crippen molar-refractivity contribution in [3.8, 4) is 16.9 Å². The quantitative estimate of drug-likeness (QED) is 0.357. The maximum Gasteiger partial charge on any atom is 0.248 e. The van der Waals surface area contributed by atoms with Gasteiger partial charge < -0.3 is 20.2 Å². The van der Waals surface area contributed by atoms with Crippen molar-refractivity contribution in [2.24, 2.45) is 5.73 Å². The van der Waals surface area contributed by atoms with Crippen molar-refractivity contribution in [2.75, 3.05) is 12.4 Å². The molecule has 0 aliphatic carbocycles. The number of primary amides is 1. The Morgan fingerprint density at radius 3 is 2.53 bits per heavy atom. The molecule has 0 bridgehead atoms. The standard InChI is InChI=1S/C28H26N2O4/c1-16-8-9-21(17(2)10-16)24-15-34-26-14-25(33-4)22(13-23(24)26)18(3)11-27(31)30-20-7-5-6-19(12-20)28(29)32/h5-15H,1-4H3,(H2,29,32)(H,30,31)/b18-11+. The van der Waals surface area contributed by atoms with Crippen LogP contribution in [-0.2, 0) is 4.79 Å². The van der Waals surface area contributed by atoms with Gasteiger partial charge in [-0.2, -0.15) is 0 Å². The van der Waals surface area contributed by atoms with E-state index in [1.54, 1.807) is 31.6 Å². The molecular formula is C28H26N2O4. The maximum absolute atomic E-state index is 12.7. The molecule has 0 aliphatic rings. The molecule has 0 saturated heterocycles. The van der Waals surface area contributed by atoms with Gasteiger partial charge in [0.25, 0.3) is 0 Å². The van der Waals surface area contributed by atoms with Crippen molar-refractivity contribution in [1.29, 1.82) is 0 Å². The highest BCUT2D eigenvalue weighted by atomic mass is 16.5. The molecule has 34 heavy (non-hydrogen) atoms. The Morgan fingerprint density at radius 1 is 1.03 bits per heavy atom. The number of nitrogens with one attached hydrogen (secondary N) is 1. The van der Waals surface area contributed by atoms with Gasteiger partial charge in [-0.15, -0.1) is 0 Å². The van der Waals surface area contributed by atoms with E-state index in [4.69, 9.17) is 14.9 Å². The molecule has 172 valence electrons. The molecular weight excluding hydrogens is 428 g/mol. The van der Waals surface area contributed by atoms with Gasteiger partial charge in [-0.05, 0) is 61.7 Å². The molecule has 0 radical (unpaired) electrons. The minimum Gasteiger partial charge on any atom is -0.496 e. The second-order valence-corrected chi connectivity index (χ2v) is 8.28. The van der Waals surface area contributed by atoms with E-state index in [9.17, 15) is 9.59 Å². The fourth-order valence-corrected chi connectivity index (χ4v) is 4.06. The lowest BCUT2D eigenvalue weighted by Gasteiger charge is -2.11. The average molecular weight is 455 g/mol. The number of rotatable bonds is 6. The van der Waals surface area contributed by atoms with Crippen LogP contribution in [0, 0.1) is 13.8 Å². The lowest BCUT2D eigenvalue weighted by Crippen LogP contribution is -2.13. The summed E-state index contributed by atoms with van der Waals surface area (Å²) in [6.45, 7) is 5.99. The second-order valence-electron chi connectivity index (χ2n) is 8.28. The number of allylic oxidation sites excluding steroid dienone is 1. The van der Waals surface area contributed by atoms with E-state index in [1.807, 2.05) is 19.1 Å². The number of amides is 2. The van der Waals surface area contributed by atoms with Crippen LogP contribution in [0.4, 0.5) is 5.69 Å². The number of nitrogens with two attached hydrogens (primary N) is 1. The van der Waals surface area contributed by atoms with Gasteiger partial charge in [-0.1, -0.05) is 29.8 Å². The van der Waals surface area contributed by atoms with Crippen molar-refractivity contribution in [3.05, 3.63) is 89.2 Å². The molecule has 0 atom stereocenters. The molecule has 0 fully saturated rings. The van der Waals surface area contributed by atoms with Crippen molar-refractivity contribution >= 4 is 34.0 Å². The molecule has 2 amide bonds. The van der Waals surface area contributed by atoms with Gasteiger partial charge in [0.2, 0.25) is 11.8 Å². The Labute approximate surface area is 198 Å². The van der Waals surface area contributed by atoms with Gasteiger partial charge in [0.15, 0.2) is 0 Å². The zero-order valence-electron chi connectivity index (χ0n) is 19.6. The predicted octanol–water partition coefficient (Wildman–Crippen LogP) is 5.87. The van der Waals surface area contributed by atoms with Gasteiger partial charge >= 0.3 is 0 Å². The number of carbonyl (C=O) groups excluding carboxylic acids is 2. The number of fused-ring (bicyclic) bond motifs is 1. The first-order valence-electron chi connectivity index (χ1n) is 10.8. The monoisotopic (exact) mass is 454 g/mol. The number of aryl methyl sites for hydroxylation is 2. The van der Waals surface area contributed by atoms with Gasteiger partial charge in [0, 0.05) is 39.9 Å². The minimum atomic E-state index is -0.555. The molecule has 3 aromatic carbocycles. The third-order valence-electron chi connectivity index (χ3n) is 5.75. The van der Waals surface area contributed by atoms with Crippen LogP contribution in [-0.4, -0.2) is 18.9 Å². The number of furan rings is 1. The molecule has 4 aromatic rings. The van der Waals surface area contributed by atoms with E-state index in [2.05, 4.69) is 37.4 Å². The van der Waals surface area contributed by atoms with E-state index >= 15 is 0 Å². The summed E-state index contributed by atoms with van der Waals surface area (Å²) in [4.78, 5) is 24.1. The zero-order chi connectivity index (χ0) is 24.4. The number of anilines is 1. The molecule has 0 spiro atoms. The van der Waals surface area contributed by atoms with E-state index in [0.717, 1.165) is 33.2 Å². The topological polar surface area (TPSA) is 94.6 Å². The van der Waals surface area contributed by atoms with Gasteiger partial charge in [-0.25, -0.2) is 0 Å². The molecule has 0 saturated carbocycles. The molecule has 0 unspecified atom stereocenters. The summed E-state index contributed by atoms with van der Waals surface area (Å²) in [6, 6.07) is 16.6. The fraction of sp³-hybridized carbons (Fsp3) is 0.143. The number of hydrogen-bond acceptors (Lipinski definition) is 4. The van der Waals surface area contributed by atoms with E-state index < -0.39 is 5.91 Å². The minimum absolute atomic E-state index is 0.324. The van der Waals surface area contributed by atoms with Crippen LogP contribution >= 0.6 is 0 Å². The third-order valence-corrected chi connectivity index (χ3v) is 5.75. The second kappa shape index (κ2) is 9.27. The Kier molecular flexibility index (Phi) is 6.23. The van der Waals surface area contributed by atoms with E-state index in [0.29, 0.717) is 22.6 Å². The van der Waals surface area contributed by atoms with Crippen molar-refractivity contribution in [1.82, 2.24) is 0 Å². The highest BCUT2D eigenvalue weighted by molar-refractivity contribution is 6.06. The van der Waals surface area contributed by atoms with Crippen molar-refractivity contribution in [3.63, 3.8) is 0 Å². The Bertz CT molecular complexity index is 1450. The van der Waals surface area contributed by atoms with Crippen LogP contribution in [0.2, 0.25) is 0 Å². The molecule has 1 aromatic heterocycles. The molecule has 6 nitrogen and oxygen atoms in total. The van der Waals surface area contributed by atoms with Crippen LogP contribution in [0.3, 0.4) is 0 Å². The smallest absolute Gasteiger partial charge is 0.248 e. The van der Waals surface area contributed by atoms with Crippen LogP contribution in [0.15, 0.2) is 71.4 Å². The number of hydrogen-bond donors (Lipinski definition) is 2. The number of methoxy groups -OCH3 is 1. The normalized spacial score (nSPS) is 11.5. The van der Waals surface area contributed by atoms with Crippen LogP contribution < -0.4 is 15.8 Å². The number of carbonyl (C=O) groups is 2. The largest absolute Gasteiger partial charge is 0.496 e. The van der Waals surface area contributed by atoms with Gasteiger partial charge in [-0.3, -0.25) is 9.59 Å². The van der Waals surface area contributed by atoms with Crippen molar-refractivity contribution < 1.29 is 18.7 Å². The number of benzene rings is 3. The summed E-state index contributed by atoms with van der Waals surface area (Å²) in [5.74, 6) is -0.282. The molecule has 0 aliphatic heterocycles. The summed E-state index contributed by atoms with van der Waals surface area (Å²) in [7, 11) is 1.58. The molecule has 4 rings (SSSR count). The molecule has 3 N–H and O–H groups in total. The van der Waals surface area contributed by atoms with E-state index in [-0.39, 0.29) is 5.91 Å².